The number of hydrogen-bond acceptors (Lipinski definition) is 7. The maximum absolute atomic E-state index is 15.1. The molecule has 246 valence electrons. The number of pyridine rings is 1. The molecule has 45 heavy (non-hydrogen) atoms. The van der Waals surface area contributed by atoms with Gasteiger partial charge in [-0.25, -0.2) is 27.2 Å². The monoisotopic (exact) mass is 637 g/mol. The van der Waals surface area contributed by atoms with Crippen LogP contribution in [-0.4, -0.2) is 82.1 Å². The van der Waals surface area contributed by atoms with Crippen molar-refractivity contribution in [1.29, 1.82) is 0 Å². The molecule has 2 aromatic rings. The molecule has 1 aromatic carbocycles. The molecule has 5 fully saturated rings. The Labute approximate surface area is 257 Å². The smallest absolute Gasteiger partial charge is 0.408 e. The van der Waals surface area contributed by atoms with Crippen LogP contribution in [0.2, 0.25) is 0 Å². The highest BCUT2D eigenvalue weighted by molar-refractivity contribution is 5.95. The Morgan fingerprint density at radius 2 is 1.80 bits per heavy atom. The number of alkyl carbamates (subject to hydrolysis) is 1. The summed E-state index contributed by atoms with van der Waals surface area (Å²) < 4.78 is 64.7. The van der Waals surface area contributed by atoms with E-state index in [9.17, 15) is 28.3 Å². The van der Waals surface area contributed by atoms with Crippen LogP contribution >= 0.6 is 0 Å². The number of benzene rings is 1. The Hall–Kier alpha value is -3.39. The number of rotatable bonds is 4. The first kappa shape index (κ1) is 31.6. The molecule has 5 N–H and O–H groups in total. The number of amides is 1. The molecule has 7 rings (SSSR count). The number of nitrogens with one attached hydrogen (secondary N) is 2. The van der Waals surface area contributed by atoms with Crippen molar-refractivity contribution in [1.82, 2.24) is 15.2 Å². The van der Waals surface area contributed by atoms with Crippen LogP contribution < -0.4 is 26.7 Å². The van der Waals surface area contributed by atoms with Gasteiger partial charge in [0.2, 0.25) is 5.43 Å². The fourth-order valence-corrected chi connectivity index (χ4v) is 7.34. The molecule has 1 aromatic heterocycles. The van der Waals surface area contributed by atoms with Gasteiger partial charge in [0.15, 0.2) is 0 Å². The highest BCUT2D eigenvalue weighted by atomic mass is 19.2. The van der Waals surface area contributed by atoms with Crippen LogP contribution in [0.15, 0.2) is 17.1 Å². The minimum Gasteiger partial charge on any atom is -0.477 e. The summed E-state index contributed by atoms with van der Waals surface area (Å²) in [5.74, 6) is -2.20. The van der Waals surface area contributed by atoms with Gasteiger partial charge in [-0.3, -0.25) is 4.79 Å². The highest BCUT2D eigenvalue weighted by Crippen LogP contribution is 2.52. The second-order valence-electron chi connectivity index (χ2n) is 14.4. The molecule has 6 atom stereocenters. The van der Waals surface area contributed by atoms with Gasteiger partial charge in [-0.1, -0.05) is 0 Å². The number of ether oxygens (including phenoxy) is 1. The average molecular weight is 638 g/mol. The number of anilines is 1. The Balaban J connectivity index is 0.000000189. The normalized spacial score (nSPS) is 34.6. The Kier molecular flexibility index (Phi) is 7.06. The van der Waals surface area contributed by atoms with E-state index < -0.39 is 69.1 Å². The first-order valence-electron chi connectivity index (χ1n) is 15.2. The van der Waals surface area contributed by atoms with Crippen molar-refractivity contribution in [2.45, 2.75) is 100 Å². The van der Waals surface area contributed by atoms with E-state index in [1.165, 1.54) is 4.57 Å². The van der Waals surface area contributed by atoms with E-state index in [-0.39, 0.29) is 36.1 Å². The second-order valence-corrected chi connectivity index (χ2v) is 14.4. The number of aromatic nitrogens is 1. The molecule has 10 nitrogen and oxygen atoms in total. The predicted octanol–water partition coefficient (Wildman–Crippen LogP) is 3.80. The zero-order valence-electron chi connectivity index (χ0n) is 25.7. The number of carbonyl (C=O) groups is 2. The fourth-order valence-electron chi connectivity index (χ4n) is 7.34. The van der Waals surface area contributed by atoms with Gasteiger partial charge in [0.05, 0.1) is 34.9 Å². The van der Waals surface area contributed by atoms with E-state index in [0.717, 1.165) is 12.3 Å². The van der Waals surface area contributed by atoms with E-state index in [0.29, 0.717) is 44.3 Å². The Morgan fingerprint density at radius 3 is 2.27 bits per heavy atom. The number of hydrogen-bond donors (Lipinski definition) is 4. The number of halogens is 4. The molecule has 14 heteroatoms. The van der Waals surface area contributed by atoms with Crippen LogP contribution in [0.4, 0.5) is 28.0 Å². The van der Waals surface area contributed by atoms with Crippen molar-refractivity contribution in [3.8, 4) is 0 Å². The number of fused-ring (bicyclic) bond motifs is 3. The van der Waals surface area contributed by atoms with Gasteiger partial charge in [-0.15, -0.1) is 0 Å². The minimum absolute atomic E-state index is 0.0562. The predicted molar refractivity (Wildman–Crippen MR) is 159 cm³/mol. The lowest BCUT2D eigenvalue weighted by atomic mass is 9.66. The van der Waals surface area contributed by atoms with Crippen molar-refractivity contribution < 1.29 is 37.0 Å². The summed E-state index contributed by atoms with van der Waals surface area (Å²) >= 11 is 0. The van der Waals surface area contributed by atoms with Crippen LogP contribution in [-0.2, 0) is 4.74 Å². The van der Waals surface area contributed by atoms with Gasteiger partial charge in [0.1, 0.15) is 34.5 Å². The van der Waals surface area contributed by atoms with Crippen LogP contribution in [0, 0.1) is 12.7 Å². The minimum atomic E-state index is -1.59. The third-order valence-electron chi connectivity index (χ3n) is 10.2. The number of carboxylic acids is 1. The number of carbonyl (C=O) groups excluding carboxylic acids is 1. The molecule has 3 heterocycles. The molecule has 3 aliphatic carbocycles. The molecule has 0 spiro atoms. The van der Waals surface area contributed by atoms with Gasteiger partial charge in [-0.2, -0.15) is 0 Å². The van der Waals surface area contributed by atoms with Crippen molar-refractivity contribution in [3.05, 3.63) is 39.4 Å². The Bertz CT molecular complexity index is 1650. The van der Waals surface area contributed by atoms with Crippen LogP contribution in [0.25, 0.3) is 10.9 Å². The Morgan fingerprint density at radius 1 is 1.13 bits per heavy atom. The van der Waals surface area contributed by atoms with Crippen molar-refractivity contribution in [2.24, 2.45) is 5.73 Å². The third kappa shape index (κ3) is 4.95. The summed E-state index contributed by atoms with van der Waals surface area (Å²) in [6.07, 6.45) is 1.62. The number of aromatic carboxylic acids is 1. The van der Waals surface area contributed by atoms with Crippen molar-refractivity contribution in [3.63, 3.8) is 0 Å². The van der Waals surface area contributed by atoms with Gasteiger partial charge in [-0.05, 0) is 65.0 Å². The summed E-state index contributed by atoms with van der Waals surface area (Å²) in [5.41, 5.74) is 0.349. The highest BCUT2D eigenvalue weighted by Gasteiger charge is 2.65. The molecular formula is C31H39F4N5O5. The van der Waals surface area contributed by atoms with E-state index in [4.69, 9.17) is 10.5 Å². The molecule has 0 radical (unpaired) electrons. The number of nitrogens with zero attached hydrogens (tertiary/aromatic N) is 2. The van der Waals surface area contributed by atoms with Crippen LogP contribution in [0.5, 0.6) is 0 Å². The summed E-state index contributed by atoms with van der Waals surface area (Å²) in [7, 11) is 0. The number of alkyl halides is 3. The van der Waals surface area contributed by atoms with Gasteiger partial charge < -0.3 is 35.7 Å². The zero-order valence-corrected chi connectivity index (χ0v) is 25.7. The van der Waals surface area contributed by atoms with E-state index >= 15 is 8.78 Å². The molecule has 2 aliphatic heterocycles. The zero-order chi connectivity index (χ0) is 32.9. The summed E-state index contributed by atoms with van der Waals surface area (Å²) in [6, 6.07) is 0.365. The lowest BCUT2D eigenvalue weighted by Crippen LogP contribution is -2.69. The standard InChI is InChI=1S/C20H20F3N3O3.C11H19FN2O2/c1-9-15-10(17(27)11(18(28)29)6-26(15)14-5-12(14)21)4-13(22)16(9)25-7-19(23)2-3-20(19,24)8-25;1-9(2,3)16-8(15)14-11-5-4-10(11,12)6-13-7-11/h4,6,12,14H,2-3,5,7-8,24H2,1H3,(H,28,29);13H,4-7H2,1-3H3,(H,14,15)/t12-,14+,19-,20+;10-,11+/m00/s1. The topological polar surface area (TPSA) is 139 Å². The van der Waals surface area contributed by atoms with E-state index in [1.807, 2.05) is 0 Å². The molecule has 0 unspecified atom stereocenters. The molecular weight excluding hydrogens is 598 g/mol. The lowest BCUT2D eigenvalue weighted by Gasteiger charge is -2.49. The van der Waals surface area contributed by atoms with Gasteiger partial charge in [0.25, 0.3) is 0 Å². The largest absolute Gasteiger partial charge is 0.477 e. The molecule has 3 saturated carbocycles. The number of carboxylic acid groups (broad SMARTS) is 1. The second kappa shape index (κ2) is 10.1. The maximum Gasteiger partial charge on any atom is 0.408 e. The summed E-state index contributed by atoms with van der Waals surface area (Å²) in [6.45, 7) is 7.85. The van der Waals surface area contributed by atoms with Gasteiger partial charge >= 0.3 is 12.1 Å². The van der Waals surface area contributed by atoms with E-state index in [1.54, 1.807) is 32.6 Å². The maximum atomic E-state index is 15.1. The van der Waals surface area contributed by atoms with Crippen LogP contribution in [0.3, 0.4) is 0 Å². The quantitative estimate of drug-likeness (QED) is 0.372. The fraction of sp³-hybridized carbons (Fsp3) is 0.645. The molecule has 2 saturated heterocycles. The first-order valence-corrected chi connectivity index (χ1v) is 15.2. The molecule has 5 aliphatic rings. The van der Waals surface area contributed by atoms with Crippen molar-refractivity contribution >= 4 is 28.7 Å². The number of aryl methyl sites for hydroxylation is 1. The number of nitrogens with two attached hydrogens (primary N) is 1. The van der Waals surface area contributed by atoms with Crippen molar-refractivity contribution in [2.75, 3.05) is 31.1 Å². The van der Waals surface area contributed by atoms with Crippen LogP contribution in [0.1, 0.15) is 74.8 Å². The molecule has 1 amide bonds. The molecule has 0 bridgehead atoms. The summed E-state index contributed by atoms with van der Waals surface area (Å²) in [4.78, 5) is 37.3. The average Bonchev–Trinajstić information content (AvgIpc) is 3.57. The van der Waals surface area contributed by atoms with E-state index in [2.05, 4.69) is 10.6 Å². The summed E-state index contributed by atoms with van der Waals surface area (Å²) in [5, 5.41) is 14.9. The third-order valence-corrected chi connectivity index (χ3v) is 10.2. The first-order chi connectivity index (χ1) is 20.8. The van der Waals surface area contributed by atoms with Gasteiger partial charge in [0, 0.05) is 37.6 Å². The lowest BCUT2D eigenvalue weighted by molar-refractivity contribution is -0.0301. The SMILES string of the molecule is CC(C)(C)OC(=O)N[C@@]12CC[C@]1(F)CNC2.Cc1c(N2C[C@]3(N)CC[C@]3(F)C2)c(F)cc2c(=O)c(C(=O)O)cn([C@@H]3C[C@@H]3F)c12.